The molecule has 0 aliphatic carbocycles. The zero-order chi connectivity index (χ0) is 19.1. The lowest BCUT2D eigenvalue weighted by Gasteiger charge is -2.10. The van der Waals surface area contributed by atoms with Crippen molar-refractivity contribution in [1.29, 1.82) is 0 Å². The largest absolute Gasteiger partial charge is 0.377 e. The number of thiazole rings is 1. The number of hydrogen-bond acceptors (Lipinski definition) is 7. The highest BCUT2D eigenvalue weighted by molar-refractivity contribution is 7.13. The smallest absolute Gasteiger partial charge is 0.169 e. The van der Waals surface area contributed by atoms with E-state index >= 15 is 0 Å². The van der Waals surface area contributed by atoms with Crippen LogP contribution in [0.25, 0.3) is 21.7 Å². The minimum Gasteiger partial charge on any atom is -0.377 e. The van der Waals surface area contributed by atoms with Crippen molar-refractivity contribution in [2.45, 2.75) is 33.2 Å². The summed E-state index contributed by atoms with van der Waals surface area (Å²) in [5.74, 6) is 1.03. The molecule has 0 fully saturated rings. The molecule has 4 heterocycles. The Balaban J connectivity index is 1.84. The maximum Gasteiger partial charge on any atom is 0.169 e. The first-order chi connectivity index (χ1) is 12.9. The van der Waals surface area contributed by atoms with Gasteiger partial charge in [0.25, 0.3) is 0 Å². The first-order valence-electron chi connectivity index (χ1n) is 8.81. The van der Waals surface area contributed by atoms with E-state index < -0.39 is 0 Å². The van der Waals surface area contributed by atoms with Gasteiger partial charge >= 0.3 is 0 Å². The fourth-order valence-electron chi connectivity index (χ4n) is 3.04. The molecule has 0 saturated carbocycles. The second-order valence-electron chi connectivity index (χ2n) is 6.90. The molecule has 0 radical (unpaired) electrons. The first kappa shape index (κ1) is 17.6. The van der Waals surface area contributed by atoms with Gasteiger partial charge in [-0.05, 0) is 18.9 Å². The Morgan fingerprint density at radius 3 is 2.63 bits per heavy atom. The number of pyridine rings is 1. The first-order valence-corrected chi connectivity index (χ1v) is 9.69. The average molecular weight is 382 g/mol. The zero-order valence-electron chi connectivity index (χ0n) is 16.1. The van der Waals surface area contributed by atoms with E-state index in [9.17, 15) is 0 Å². The van der Waals surface area contributed by atoms with Crippen LogP contribution in [0.15, 0.2) is 17.8 Å². The molecule has 0 aliphatic heterocycles. The van der Waals surface area contributed by atoms with E-state index in [0.29, 0.717) is 6.54 Å². The Labute approximate surface area is 161 Å². The van der Waals surface area contributed by atoms with Crippen LogP contribution < -0.4 is 5.32 Å². The Morgan fingerprint density at radius 1 is 1.19 bits per heavy atom. The normalized spacial score (nSPS) is 11.6. The zero-order valence-corrected chi connectivity index (χ0v) is 16.9. The number of aryl methyl sites for hydroxylation is 3. The predicted molar refractivity (Wildman–Crippen MR) is 107 cm³/mol. The third kappa shape index (κ3) is 3.30. The minimum atomic E-state index is 0.289. The molecule has 8 nitrogen and oxygen atoms in total. The predicted octanol–water partition coefficient (Wildman–Crippen LogP) is 3.26. The van der Waals surface area contributed by atoms with Crippen LogP contribution in [0.3, 0.4) is 0 Å². The number of nitrogens with zero attached hydrogens (tertiary/aromatic N) is 7. The molecule has 0 spiro atoms. The summed E-state index contributed by atoms with van der Waals surface area (Å²) in [6.07, 6.45) is 1.70. The van der Waals surface area contributed by atoms with Crippen LogP contribution in [-0.4, -0.2) is 34.5 Å². The van der Waals surface area contributed by atoms with Crippen molar-refractivity contribution < 1.29 is 0 Å². The van der Waals surface area contributed by atoms with E-state index in [4.69, 9.17) is 10.1 Å². The molecule has 0 saturated heterocycles. The van der Waals surface area contributed by atoms with Gasteiger partial charge in [0.15, 0.2) is 11.5 Å². The quantitative estimate of drug-likeness (QED) is 0.570. The summed E-state index contributed by atoms with van der Waals surface area (Å²) < 4.78 is 3.55. The minimum absolute atomic E-state index is 0.289. The standard InChI is InChI=1S/C18H22N8S/c1-10(2)16-15-12(19-7-14-20-9-25(4)23-14)6-13(18-21-11(3)8-27-18)22-17(15)26(5)24-16/h6,8-10H,7H2,1-5H3,(H,19,22). The SMILES string of the molecule is Cc1csc(-c2cc(NCc3ncn(C)n3)c3c(C(C)C)nn(C)c3n2)n1. The van der Waals surface area contributed by atoms with Gasteiger partial charge in [0.1, 0.15) is 17.0 Å². The van der Waals surface area contributed by atoms with Crippen molar-refractivity contribution in [3.8, 4) is 10.7 Å². The van der Waals surface area contributed by atoms with E-state index in [2.05, 4.69) is 40.3 Å². The number of hydrogen-bond donors (Lipinski definition) is 1. The van der Waals surface area contributed by atoms with Gasteiger partial charge in [-0.2, -0.15) is 10.2 Å². The number of aromatic nitrogens is 7. The molecule has 0 aliphatic rings. The summed E-state index contributed by atoms with van der Waals surface area (Å²) in [4.78, 5) is 13.7. The summed E-state index contributed by atoms with van der Waals surface area (Å²) in [5.41, 5.74) is 4.69. The fraction of sp³-hybridized carbons (Fsp3) is 0.389. The maximum absolute atomic E-state index is 4.85. The Morgan fingerprint density at radius 2 is 2.00 bits per heavy atom. The van der Waals surface area contributed by atoms with E-state index in [1.165, 1.54) is 0 Å². The van der Waals surface area contributed by atoms with Crippen LogP contribution in [0, 0.1) is 6.92 Å². The van der Waals surface area contributed by atoms with Crippen molar-refractivity contribution in [3.05, 3.63) is 35.0 Å². The lowest BCUT2D eigenvalue weighted by Crippen LogP contribution is -2.04. The molecule has 0 bridgehead atoms. The molecule has 27 heavy (non-hydrogen) atoms. The van der Waals surface area contributed by atoms with Gasteiger partial charge in [-0.25, -0.2) is 15.0 Å². The van der Waals surface area contributed by atoms with Crippen LogP contribution in [0.1, 0.15) is 37.0 Å². The van der Waals surface area contributed by atoms with Gasteiger partial charge in [0.05, 0.1) is 17.6 Å². The van der Waals surface area contributed by atoms with Gasteiger partial charge in [-0.15, -0.1) is 11.3 Å². The fourth-order valence-corrected chi connectivity index (χ4v) is 3.80. The Bertz CT molecular complexity index is 1100. The highest BCUT2D eigenvalue weighted by Crippen LogP contribution is 2.34. The van der Waals surface area contributed by atoms with Gasteiger partial charge in [-0.1, -0.05) is 13.8 Å². The molecule has 0 unspecified atom stereocenters. The molecule has 4 rings (SSSR count). The van der Waals surface area contributed by atoms with Crippen molar-refractivity contribution >= 4 is 28.1 Å². The van der Waals surface area contributed by atoms with Crippen LogP contribution in [-0.2, 0) is 20.6 Å². The Kier molecular flexibility index (Phi) is 4.39. The lowest BCUT2D eigenvalue weighted by molar-refractivity contribution is 0.724. The topological polar surface area (TPSA) is 86.3 Å². The van der Waals surface area contributed by atoms with Crippen molar-refractivity contribution in [1.82, 2.24) is 34.5 Å². The third-order valence-corrected chi connectivity index (χ3v) is 5.27. The summed E-state index contributed by atoms with van der Waals surface area (Å²) >= 11 is 1.60. The second-order valence-corrected chi connectivity index (χ2v) is 7.76. The van der Waals surface area contributed by atoms with E-state index in [1.54, 1.807) is 22.3 Å². The van der Waals surface area contributed by atoms with Crippen molar-refractivity contribution in [3.63, 3.8) is 0 Å². The second kappa shape index (κ2) is 6.73. The highest BCUT2D eigenvalue weighted by Gasteiger charge is 2.19. The molecule has 9 heteroatoms. The van der Waals surface area contributed by atoms with Gasteiger partial charge in [0.2, 0.25) is 0 Å². The molecule has 4 aromatic rings. The van der Waals surface area contributed by atoms with Crippen LogP contribution in [0.2, 0.25) is 0 Å². The van der Waals surface area contributed by atoms with Gasteiger partial charge in [-0.3, -0.25) is 9.36 Å². The summed E-state index contributed by atoms with van der Waals surface area (Å²) in [5, 5.41) is 16.5. The van der Waals surface area contributed by atoms with E-state index in [0.717, 1.165) is 44.6 Å². The number of nitrogens with one attached hydrogen (secondary N) is 1. The highest BCUT2D eigenvalue weighted by atomic mass is 32.1. The monoisotopic (exact) mass is 382 g/mol. The van der Waals surface area contributed by atoms with Crippen LogP contribution in [0.5, 0.6) is 0 Å². The molecular weight excluding hydrogens is 360 g/mol. The number of rotatable bonds is 5. The number of fused-ring (bicyclic) bond motifs is 1. The number of anilines is 1. The third-order valence-electron chi connectivity index (χ3n) is 4.29. The van der Waals surface area contributed by atoms with Gasteiger partial charge < -0.3 is 5.32 Å². The Hall–Kier alpha value is -2.81. The molecule has 0 atom stereocenters. The molecule has 0 amide bonds. The molecule has 140 valence electrons. The van der Waals surface area contributed by atoms with E-state index in [-0.39, 0.29) is 5.92 Å². The molecular formula is C18H22N8S. The summed E-state index contributed by atoms with van der Waals surface area (Å²) in [6.45, 7) is 6.81. The molecule has 1 N–H and O–H groups in total. The van der Waals surface area contributed by atoms with E-state index in [1.807, 2.05) is 31.1 Å². The summed E-state index contributed by atoms with van der Waals surface area (Å²) in [6, 6.07) is 2.05. The molecule has 0 aromatic carbocycles. The molecule has 4 aromatic heterocycles. The lowest BCUT2D eigenvalue weighted by atomic mass is 10.1. The average Bonchev–Trinajstić information content (AvgIpc) is 3.32. The van der Waals surface area contributed by atoms with Crippen molar-refractivity contribution in [2.24, 2.45) is 14.1 Å². The van der Waals surface area contributed by atoms with Crippen LogP contribution >= 0.6 is 11.3 Å². The van der Waals surface area contributed by atoms with Crippen molar-refractivity contribution in [2.75, 3.05) is 5.32 Å². The summed E-state index contributed by atoms with van der Waals surface area (Å²) in [7, 11) is 3.80. The maximum atomic E-state index is 4.85. The van der Waals surface area contributed by atoms with Crippen LogP contribution in [0.4, 0.5) is 5.69 Å². The van der Waals surface area contributed by atoms with Gasteiger partial charge in [0, 0.05) is 30.9 Å².